The predicted molar refractivity (Wildman–Crippen MR) is 85.9 cm³/mol. The molecular weight excluding hydrogens is 332 g/mol. The number of nitrogens with two attached hydrogens (primary N) is 2. The van der Waals surface area contributed by atoms with E-state index in [1.165, 1.54) is 19.4 Å². The summed E-state index contributed by atoms with van der Waals surface area (Å²) in [5, 5.41) is 14.0. The van der Waals surface area contributed by atoms with Gasteiger partial charge < -0.3 is 32.2 Å². The highest BCUT2D eigenvalue weighted by Crippen LogP contribution is 2.03. The molecule has 1 aromatic heterocycles. The summed E-state index contributed by atoms with van der Waals surface area (Å²) in [4.78, 5) is 52.9. The maximum atomic E-state index is 12.3. The molecule has 0 spiro atoms. The Kier molecular flexibility index (Phi) is 7.53. The van der Waals surface area contributed by atoms with Gasteiger partial charge in [-0.2, -0.15) is 0 Å². The monoisotopic (exact) mass is 354 g/mol. The third-order valence-corrected chi connectivity index (χ3v) is 3.32. The molecule has 0 fully saturated rings. The summed E-state index contributed by atoms with van der Waals surface area (Å²) < 4.78 is 0. The van der Waals surface area contributed by atoms with E-state index >= 15 is 0 Å². The number of hydrogen-bond donors (Lipinski definition) is 6. The highest BCUT2D eigenvalue weighted by atomic mass is 16.4. The van der Waals surface area contributed by atoms with Crippen molar-refractivity contribution in [2.24, 2.45) is 11.5 Å². The number of nitrogens with one attached hydrogen (secondary N) is 3. The molecule has 1 aromatic rings. The topological polar surface area (TPSA) is 193 Å². The first kappa shape index (κ1) is 20.1. The van der Waals surface area contributed by atoms with Crippen LogP contribution in [0.25, 0.3) is 0 Å². The van der Waals surface area contributed by atoms with E-state index in [0.29, 0.717) is 5.69 Å². The van der Waals surface area contributed by atoms with Gasteiger partial charge in [0.15, 0.2) is 0 Å². The van der Waals surface area contributed by atoms with Crippen LogP contribution in [-0.2, 0) is 25.6 Å². The van der Waals surface area contributed by atoms with Crippen LogP contribution in [0.15, 0.2) is 12.5 Å². The molecule has 1 heterocycles. The van der Waals surface area contributed by atoms with Crippen LogP contribution >= 0.6 is 0 Å². The van der Waals surface area contributed by atoms with Crippen LogP contribution in [0.3, 0.4) is 0 Å². The minimum Gasteiger partial charge on any atom is -0.480 e. The summed E-state index contributed by atoms with van der Waals surface area (Å²) in [5.41, 5.74) is 11.0. The third kappa shape index (κ3) is 6.99. The smallest absolute Gasteiger partial charge is 0.326 e. The number of H-pyrrole nitrogens is 1. The first-order chi connectivity index (χ1) is 11.7. The van der Waals surface area contributed by atoms with Gasteiger partial charge in [-0.25, -0.2) is 9.78 Å². The van der Waals surface area contributed by atoms with Crippen molar-refractivity contribution < 1.29 is 24.3 Å². The van der Waals surface area contributed by atoms with E-state index in [2.05, 4.69) is 20.6 Å². The molecule has 0 aliphatic carbocycles. The molecule has 1 rings (SSSR count). The van der Waals surface area contributed by atoms with Crippen LogP contribution in [0.5, 0.6) is 0 Å². The maximum absolute atomic E-state index is 12.3. The summed E-state index contributed by atoms with van der Waals surface area (Å²) >= 11 is 0. The number of nitrogens with zero attached hydrogens (tertiary/aromatic N) is 1. The Morgan fingerprint density at radius 1 is 1.24 bits per heavy atom. The van der Waals surface area contributed by atoms with Gasteiger partial charge in [-0.3, -0.25) is 14.4 Å². The molecule has 0 radical (unpaired) electrons. The molecule has 0 aromatic carbocycles. The Morgan fingerprint density at radius 3 is 2.36 bits per heavy atom. The third-order valence-electron chi connectivity index (χ3n) is 3.32. The fourth-order valence-corrected chi connectivity index (χ4v) is 1.95. The van der Waals surface area contributed by atoms with Crippen molar-refractivity contribution in [2.75, 3.05) is 0 Å². The van der Waals surface area contributed by atoms with Gasteiger partial charge in [-0.15, -0.1) is 0 Å². The lowest BCUT2D eigenvalue weighted by Gasteiger charge is -2.21. The molecule has 3 atom stereocenters. The number of rotatable bonds is 10. The van der Waals surface area contributed by atoms with E-state index in [9.17, 15) is 24.3 Å². The number of carbonyl (C=O) groups is 4. The average molecular weight is 354 g/mol. The van der Waals surface area contributed by atoms with Crippen LogP contribution < -0.4 is 22.1 Å². The zero-order valence-corrected chi connectivity index (χ0v) is 13.7. The highest BCUT2D eigenvalue weighted by molar-refractivity contribution is 5.92. The molecule has 11 nitrogen and oxygen atoms in total. The maximum Gasteiger partial charge on any atom is 0.326 e. The van der Waals surface area contributed by atoms with Crippen molar-refractivity contribution in [1.82, 2.24) is 20.6 Å². The summed E-state index contributed by atoms with van der Waals surface area (Å²) in [6, 6.07) is -3.24. The van der Waals surface area contributed by atoms with E-state index in [0.717, 1.165) is 0 Å². The molecule has 138 valence electrons. The van der Waals surface area contributed by atoms with Gasteiger partial charge in [-0.1, -0.05) is 0 Å². The Hall–Kier alpha value is -2.95. The quantitative estimate of drug-likeness (QED) is 0.270. The first-order valence-corrected chi connectivity index (χ1v) is 7.55. The van der Waals surface area contributed by atoms with Gasteiger partial charge in [0.2, 0.25) is 17.7 Å². The summed E-state index contributed by atoms with van der Waals surface area (Å²) in [7, 11) is 0. The van der Waals surface area contributed by atoms with Crippen molar-refractivity contribution in [3.05, 3.63) is 18.2 Å². The number of amides is 3. The van der Waals surface area contributed by atoms with Crippen LogP contribution in [-0.4, -0.2) is 56.9 Å². The molecular formula is C14H22N6O5. The van der Waals surface area contributed by atoms with Crippen molar-refractivity contribution in [3.8, 4) is 0 Å². The van der Waals surface area contributed by atoms with Gasteiger partial charge in [-0.05, 0) is 13.3 Å². The largest absolute Gasteiger partial charge is 0.480 e. The number of aromatic amines is 1. The lowest BCUT2D eigenvalue weighted by molar-refractivity contribution is -0.142. The summed E-state index contributed by atoms with van der Waals surface area (Å²) in [6.07, 6.45) is 2.57. The van der Waals surface area contributed by atoms with Crippen LogP contribution in [0.1, 0.15) is 25.5 Å². The van der Waals surface area contributed by atoms with Gasteiger partial charge in [0.25, 0.3) is 0 Å². The lowest BCUT2D eigenvalue weighted by Crippen LogP contribution is -2.54. The standard InChI is InChI=1S/C14H22N6O5/c1-7(15)12(22)19-9(2-3-11(16)21)13(23)20-10(14(24)25)4-8-5-17-6-18-8/h5-7,9-10H,2-4,15H2,1H3,(H2,16,21)(H,17,18)(H,19,22)(H,20,23)(H,24,25). The van der Waals surface area contributed by atoms with Crippen LogP contribution in [0, 0.1) is 0 Å². The number of imidazole rings is 1. The molecule has 0 bridgehead atoms. The molecule has 11 heteroatoms. The number of primary amides is 1. The SMILES string of the molecule is CC(N)C(=O)NC(CCC(N)=O)C(=O)NC(Cc1cnc[nH]1)C(=O)O. The molecule has 0 aliphatic rings. The van der Waals surface area contributed by atoms with Gasteiger partial charge >= 0.3 is 5.97 Å². The second kappa shape index (κ2) is 9.37. The van der Waals surface area contributed by atoms with E-state index in [4.69, 9.17) is 11.5 Å². The molecule has 3 amide bonds. The zero-order chi connectivity index (χ0) is 19.0. The number of carboxylic acid groups (broad SMARTS) is 1. The van der Waals surface area contributed by atoms with Gasteiger partial charge in [0.05, 0.1) is 12.4 Å². The van der Waals surface area contributed by atoms with E-state index < -0.39 is 41.8 Å². The minimum absolute atomic E-state index is 0.0230. The average Bonchev–Trinajstić information content (AvgIpc) is 3.02. The van der Waals surface area contributed by atoms with Crippen molar-refractivity contribution >= 4 is 23.7 Å². The Morgan fingerprint density at radius 2 is 1.88 bits per heavy atom. The van der Waals surface area contributed by atoms with Gasteiger partial charge in [0, 0.05) is 24.7 Å². The number of aliphatic carboxylic acids is 1. The van der Waals surface area contributed by atoms with Gasteiger partial charge in [0.1, 0.15) is 12.1 Å². The predicted octanol–water partition coefficient (Wildman–Crippen LogP) is -2.38. The summed E-state index contributed by atoms with van der Waals surface area (Å²) in [6.45, 7) is 1.43. The van der Waals surface area contributed by atoms with E-state index in [-0.39, 0.29) is 19.3 Å². The van der Waals surface area contributed by atoms with Crippen molar-refractivity contribution in [3.63, 3.8) is 0 Å². The number of carbonyl (C=O) groups excluding carboxylic acids is 3. The molecule has 0 saturated carbocycles. The van der Waals surface area contributed by atoms with Crippen molar-refractivity contribution in [1.29, 1.82) is 0 Å². The van der Waals surface area contributed by atoms with E-state index in [1.807, 2.05) is 0 Å². The second-order valence-corrected chi connectivity index (χ2v) is 5.54. The van der Waals surface area contributed by atoms with Crippen LogP contribution in [0.2, 0.25) is 0 Å². The first-order valence-electron chi connectivity index (χ1n) is 7.55. The number of carboxylic acids is 1. The molecule has 8 N–H and O–H groups in total. The Balaban J connectivity index is 2.79. The second-order valence-electron chi connectivity index (χ2n) is 5.54. The fourth-order valence-electron chi connectivity index (χ4n) is 1.95. The van der Waals surface area contributed by atoms with Crippen molar-refractivity contribution in [2.45, 2.75) is 44.3 Å². The molecule has 0 aliphatic heterocycles. The Labute approximate surface area is 143 Å². The summed E-state index contributed by atoms with van der Waals surface area (Å²) in [5.74, 6) is -3.26. The normalized spacial score (nSPS) is 14.2. The fraction of sp³-hybridized carbons (Fsp3) is 0.500. The Bertz CT molecular complexity index is 615. The van der Waals surface area contributed by atoms with Crippen LogP contribution in [0.4, 0.5) is 0 Å². The zero-order valence-electron chi connectivity index (χ0n) is 13.7. The molecule has 0 saturated heterocycles. The molecule has 25 heavy (non-hydrogen) atoms. The lowest BCUT2D eigenvalue weighted by atomic mass is 10.1. The van der Waals surface area contributed by atoms with E-state index in [1.54, 1.807) is 0 Å². The minimum atomic E-state index is -1.25. The molecule has 3 unspecified atom stereocenters. The highest BCUT2D eigenvalue weighted by Gasteiger charge is 2.27. The number of hydrogen-bond acceptors (Lipinski definition) is 6. The number of aromatic nitrogens is 2.